The molecule has 3 rings (SSSR count). The number of hydrogen-bond donors (Lipinski definition) is 1. The molecule has 0 radical (unpaired) electrons. The predicted octanol–water partition coefficient (Wildman–Crippen LogP) is 2.14. The normalized spacial score (nSPS) is 16.7. The molecule has 94 valence electrons. The summed E-state index contributed by atoms with van der Waals surface area (Å²) < 4.78 is 2.19. The lowest BCUT2D eigenvalue weighted by atomic mass is 10.2. The van der Waals surface area contributed by atoms with Gasteiger partial charge in [-0.15, -0.1) is 0 Å². The third kappa shape index (κ3) is 2.43. The Morgan fingerprint density at radius 1 is 1.44 bits per heavy atom. The Morgan fingerprint density at radius 2 is 2.33 bits per heavy atom. The van der Waals surface area contributed by atoms with Crippen molar-refractivity contribution in [1.82, 2.24) is 19.9 Å². The number of aromatic nitrogens is 3. The van der Waals surface area contributed by atoms with Crippen LogP contribution in [0.25, 0.3) is 0 Å². The summed E-state index contributed by atoms with van der Waals surface area (Å²) in [4.78, 5) is 8.68. The van der Waals surface area contributed by atoms with Gasteiger partial charge in [-0.05, 0) is 31.9 Å². The van der Waals surface area contributed by atoms with Crippen LogP contribution >= 0.6 is 0 Å². The summed E-state index contributed by atoms with van der Waals surface area (Å²) in [6, 6.07) is 6.98. The fraction of sp³-hybridized carbons (Fsp3) is 0.429. The lowest BCUT2D eigenvalue weighted by Crippen LogP contribution is -2.19. The highest BCUT2D eigenvalue weighted by molar-refractivity contribution is 5.12. The van der Waals surface area contributed by atoms with Crippen molar-refractivity contribution in [1.29, 1.82) is 0 Å². The molecule has 2 aromatic heterocycles. The molecule has 1 aliphatic carbocycles. The van der Waals surface area contributed by atoms with Gasteiger partial charge in [-0.25, -0.2) is 4.98 Å². The lowest BCUT2D eigenvalue weighted by molar-refractivity contribution is 0.564. The van der Waals surface area contributed by atoms with Gasteiger partial charge < -0.3 is 9.88 Å². The van der Waals surface area contributed by atoms with E-state index in [1.807, 2.05) is 30.9 Å². The predicted molar refractivity (Wildman–Crippen MR) is 70.1 cm³/mol. The van der Waals surface area contributed by atoms with Crippen LogP contribution in [0, 0.1) is 0 Å². The quantitative estimate of drug-likeness (QED) is 0.873. The van der Waals surface area contributed by atoms with Gasteiger partial charge >= 0.3 is 0 Å². The third-order valence-corrected chi connectivity index (χ3v) is 3.43. The zero-order valence-electron chi connectivity index (χ0n) is 10.6. The first kappa shape index (κ1) is 11.4. The highest BCUT2D eigenvalue weighted by Gasteiger charge is 2.21. The topological polar surface area (TPSA) is 42.7 Å². The minimum Gasteiger partial charge on any atom is -0.325 e. The number of nitrogens with zero attached hydrogens (tertiary/aromatic N) is 3. The molecule has 0 amide bonds. The smallest absolute Gasteiger partial charge is 0.0954 e. The summed E-state index contributed by atoms with van der Waals surface area (Å²) in [5, 5.41) is 3.52. The Bertz CT molecular complexity index is 502. The van der Waals surface area contributed by atoms with Crippen molar-refractivity contribution < 1.29 is 0 Å². The van der Waals surface area contributed by atoms with Crippen LogP contribution in [0.3, 0.4) is 0 Å². The highest BCUT2D eigenvalue weighted by Crippen LogP contribution is 2.21. The van der Waals surface area contributed by atoms with E-state index in [2.05, 4.69) is 32.8 Å². The average Bonchev–Trinajstić information content (AvgIpc) is 3.14. The lowest BCUT2D eigenvalue weighted by Gasteiger charge is -2.16. The second-order valence-corrected chi connectivity index (χ2v) is 4.88. The highest BCUT2D eigenvalue weighted by atomic mass is 15.1. The molecule has 1 saturated carbocycles. The zero-order valence-corrected chi connectivity index (χ0v) is 10.6. The molecule has 4 heteroatoms. The molecule has 0 aromatic carbocycles. The van der Waals surface area contributed by atoms with Crippen LogP contribution in [0.15, 0.2) is 36.9 Å². The molecule has 0 spiro atoms. The number of imidazole rings is 1. The van der Waals surface area contributed by atoms with Gasteiger partial charge in [-0.1, -0.05) is 6.07 Å². The molecule has 4 nitrogen and oxygen atoms in total. The van der Waals surface area contributed by atoms with E-state index >= 15 is 0 Å². The summed E-state index contributed by atoms with van der Waals surface area (Å²) in [5.41, 5.74) is 2.29. The maximum atomic E-state index is 4.41. The van der Waals surface area contributed by atoms with E-state index in [1.165, 1.54) is 18.5 Å². The zero-order chi connectivity index (χ0) is 12.4. The Kier molecular flexibility index (Phi) is 3.11. The molecule has 1 unspecified atom stereocenters. The summed E-state index contributed by atoms with van der Waals surface area (Å²) in [6.45, 7) is 3.05. The maximum Gasteiger partial charge on any atom is 0.0954 e. The van der Waals surface area contributed by atoms with Crippen molar-refractivity contribution in [2.24, 2.45) is 0 Å². The first-order chi connectivity index (χ1) is 8.84. The van der Waals surface area contributed by atoms with Crippen LogP contribution in [-0.2, 0) is 6.54 Å². The molecule has 2 aromatic rings. The minimum absolute atomic E-state index is 0.227. The van der Waals surface area contributed by atoms with E-state index in [1.54, 1.807) is 0 Å². The molecule has 0 aliphatic heterocycles. The molecular formula is C14H18N4. The van der Waals surface area contributed by atoms with Crippen molar-refractivity contribution in [3.05, 3.63) is 48.3 Å². The second-order valence-electron chi connectivity index (χ2n) is 4.88. The molecule has 0 saturated heterocycles. The monoisotopic (exact) mass is 242 g/mol. The van der Waals surface area contributed by atoms with Crippen molar-refractivity contribution in [2.75, 3.05) is 0 Å². The average molecular weight is 242 g/mol. The van der Waals surface area contributed by atoms with E-state index in [-0.39, 0.29) is 6.04 Å². The second kappa shape index (κ2) is 4.90. The van der Waals surface area contributed by atoms with E-state index in [0.717, 1.165) is 18.3 Å². The first-order valence-electron chi connectivity index (χ1n) is 6.49. The van der Waals surface area contributed by atoms with Crippen molar-refractivity contribution in [3.63, 3.8) is 0 Å². The van der Waals surface area contributed by atoms with Gasteiger partial charge in [0.05, 0.1) is 23.8 Å². The van der Waals surface area contributed by atoms with Crippen LogP contribution in [-0.4, -0.2) is 20.6 Å². The van der Waals surface area contributed by atoms with E-state index in [9.17, 15) is 0 Å². The molecular weight excluding hydrogens is 224 g/mol. The molecule has 1 fully saturated rings. The van der Waals surface area contributed by atoms with Crippen molar-refractivity contribution >= 4 is 0 Å². The summed E-state index contributed by atoms with van der Waals surface area (Å²) in [5.74, 6) is 0. The van der Waals surface area contributed by atoms with Crippen molar-refractivity contribution in [3.8, 4) is 0 Å². The van der Waals surface area contributed by atoms with Gasteiger partial charge in [0.25, 0.3) is 0 Å². The Labute approximate surface area is 107 Å². The van der Waals surface area contributed by atoms with Gasteiger partial charge in [0.15, 0.2) is 0 Å². The van der Waals surface area contributed by atoms with Gasteiger partial charge in [-0.2, -0.15) is 0 Å². The van der Waals surface area contributed by atoms with Gasteiger partial charge in [0.1, 0.15) is 0 Å². The van der Waals surface area contributed by atoms with Crippen LogP contribution in [0.4, 0.5) is 0 Å². The van der Waals surface area contributed by atoms with E-state index in [0.29, 0.717) is 0 Å². The molecule has 18 heavy (non-hydrogen) atoms. The Balaban J connectivity index is 1.76. The Hall–Kier alpha value is -1.68. The van der Waals surface area contributed by atoms with Gasteiger partial charge in [-0.3, -0.25) is 4.98 Å². The summed E-state index contributed by atoms with van der Waals surface area (Å²) in [7, 11) is 0. The standard InChI is InChI=1S/C14H18N4/c1-11(14-4-2-3-7-16-14)18-10-15-8-13(18)9-17-12-5-6-12/h2-4,7-8,10-12,17H,5-6,9H2,1H3. The fourth-order valence-electron chi connectivity index (χ4n) is 2.12. The minimum atomic E-state index is 0.227. The van der Waals surface area contributed by atoms with Gasteiger partial charge in [0, 0.05) is 25.0 Å². The third-order valence-electron chi connectivity index (χ3n) is 3.43. The fourth-order valence-corrected chi connectivity index (χ4v) is 2.12. The molecule has 2 heterocycles. The van der Waals surface area contributed by atoms with Crippen LogP contribution in [0.1, 0.15) is 37.2 Å². The molecule has 0 bridgehead atoms. The molecule has 1 aliphatic rings. The van der Waals surface area contributed by atoms with E-state index < -0.39 is 0 Å². The van der Waals surface area contributed by atoms with Crippen LogP contribution < -0.4 is 5.32 Å². The van der Waals surface area contributed by atoms with Crippen LogP contribution in [0.2, 0.25) is 0 Å². The SMILES string of the molecule is CC(c1ccccn1)n1cncc1CNC1CC1. The number of hydrogen-bond acceptors (Lipinski definition) is 3. The van der Waals surface area contributed by atoms with Crippen molar-refractivity contribution in [2.45, 2.75) is 38.4 Å². The Morgan fingerprint density at radius 3 is 3.06 bits per heavy atom. The van der Waals surface area contributed by atoms with Crippen LogP contribution in [0.5, 0.6) is 0 Å². The number of pyridine rings is 1. The molecule has 1 N–H and O–H groups in total. The maximum absolute atomic E-state index is 4.41. The van der Waals surface area contributed by atoms with E-state index in [4.69, 9.17) is 0 Å². The largest absolute Gasteiger partial charge is 0.325 e. The summed E-state index contributed by atoms with van der Waals surface area (Å²) in [6.07, 6.45) is 8.29. The summed E-state index contributed by atoms with van der Waals surface area (Å²) >= 11 is 0. The first-order valence-corrected chi connectivity index (χ1v) is 6.49. The molecule has 1 atom stereocenters. The number of rotatable bonds is 5. The van der Waals surface area contributed by atoms with Gasteiger partial charge in [0.2, 0.25) is 0 Å². The number of nitrogens with one attached hydrogen (secondary N) is 1.